The molecule has 2 heterocycles. The summed E-state index contributed by atoms with van der Waals surface area (Å²) < 4.78 is 1.68. The van der Waals surface area contributed by atoms with Crippen molar-refractivity contribution in [1.29, 1.82) is 0 Å². The molecule has 0 aliphatic carbocycles. The summed E-state index contributed by atoms with van der Waals surface area (Å²) in [4.78, 5) is 32.5. The fraction of sp³-hybridized carbons (Fsp3) is 0.316. The van der Waals surface area contributed by atoms with Gasteiger partial charge in [0.1, 0.15) is 6.33 Å². The minimum absolute atomic E-state index is 0.0681. The van der Waals surface area contributed by atoms with Crippen LogP contribution in [-0.4, -0.2) is 44.5 Å². The fourth-order valence-corrected chi connectivity index (χ4v) is 2.91. The van der Waals surface area contributed by atoms with Crippen molar-refractivity contribution >= 4 is 17.6 Å². The van der Waals surface area contributed by atoms with Crippen LogP contribution in [0, 0.1) is 13.8 Å². The molecule has 2 N–H and O–H groups in total. The van der Waals surface area contributed by atoms with Gasteiger partial charge in [-0.2, -0.15) is 10.1 Å². The van der Waals surface area contributed by atoms with Crippen LogP contribution in [-0.2, 0) is 11.2 Å². The number of aromatic nitrogens is 4. The van der Waals surface area contributed by atoms with Gasteiger partial charge in [0.25, 0.3) is 11.7 Å². The van der Waals surface area contributed by atoms with Crippen molar-refractivity contribution in [3.8, 4) is 0 Å². The fourth-order valence-electron chi connectivity index (χ4n) is 2.91. The third kappa shape index (κ3) is 4.46. The van der Waals surface area contributed by atoms with E-state index >= 15 is 0 Å². The maximum absolute atomic E-state index is 12.1. The Kier molecular flexibility index (Phi) is 5.75. The van der Waals surface area contributed by atoms with E-state index in [0.29, 0.717) is 37.3 Å². The van der Waals surface area contributed by atoms with Crippen molar-refractivity contribution < 1.29 is 9.59 Å². The highest BCUT2D eigenvalue weighted by Gasteiger charge is 2.12. The van der Waals surface area contributed by atoms with E-state index < -0.39 is 0 Å². The summed E-state index contributed by atoms with van der Waals surface area (Å²) >= 11 is 0. The van der Waals surface area contributed by atoms with E-state index in [0.717, 1.165) is 17.0 Å². The van der Waals surface area contributed by atoms with Gasteiger partial charge in [0, 0.05) is 36.5 Å². The maximum Gasteiger partial charge on any atom is 0.252 e. The maximum atomic E-state index is 12.1. The number of nitrogens with one attached hydrogen (secondary N) is 2. The molecule has 0 fully saturated rings. The first-order chi connectivity index (χ1) is 13.1. The number of hydrogen-bond acceptors (Lipinski definition) is 5. The van der Waals surface area contributed by atoms with Crippen molar-refractivity contribution in [3.05, 3.63) is 59.2 Å². The number of aryl methyl sites for hydroxylation is 2. The molecule has 27 heavy (non-hydrogen) atoms. The molecule has 3 aromatic rings. The van der Waals surface area contributed by atoms with Gasteiger partial charge >= 0.3 is 0 Å². The molecular formula is C19H22N6O2. The smallest absolute Gasteiger partial charge is 0.252 e. The second kappa shape index (κ2) is 8.39. The van der Waals surface area contributed by atoms with Gasteiger partial charge in [-0.3, -0.25) is 9.59 Å². The molecule has 0 aliphatic heterocycles. The second-order valence-corrected chi connectivity index (χ2v) is 6.20. The molecule has 8 nitrogen and oxygen atoms in total. The van der Waals surface area contributed by atoms with Gasteiger partial charge in [-0.15, -0.1) is 0 Å². The lowest BCUT2D eigenvalue weighted by Gasteiger charge is -2.11. The Balaban J connectivity index is 1.44. The molecule has 8 heteroatoms. The summed E-state index contributed by atoms with van der Waals surface area (Å²) in [6, 6.07) is 8.98. The zero-order valence-corrected chi connectivity index (χ0v) is 15.4. The number of hydrogen-bond donors (Lipinski definition) is 2. The highest BCUT2D eigenvalue weighted by atomic mass is 16.2. The average Bonchev–Trinajstić information content (AvgIpc) is 3.14. The van der Waals surface area contributed by atoms with Crippen LogP contribution < -0.4 is 10.6 Å². The largest absolute Gasteiger partial charge is 0.354 e. The lowest BCUT2D eigenvalue weighted by molar-refractivity contribution is -0.121. The first-order valence-electron chi connectivity index (χ1n) is 8.82. The lowest BCUT2D eigenvalue weighted by atomic mass is 10.1. The first kappa shape index (κ1) is 18.5. The highest BCUT2D eigenvalue weighted by Crippen LogP contribution is 2.14. The average molecular weight is 366 g/mol. The normalized spacial score (nSPS) is 10.7. The number of amides is 2. The summed E-state index contributed by atoms with van der Waals surface area (Å²) in [5.41, 5.74) is 3.40. The number of carbonyl (C=O) groups excluding carboxylic acids is 2. The van der Waals surface area contributed by atoms with Crippen molar-refractivity contribution in [3.63, 3.8) is 0 Å². The van der Waals surface area contributed by atoms with Gasteiger partial charge in [0.05, 0.1) is 0 Å². The summed E-state index contributed by atoms with van der Waals surface area (Å²) in [6.07, 6.45) is 2.38. The van der Waals surface area contributed by atoms with E-state index in [9.17, 15) is 9.59 Å². The minimum Gasteiger partial charge on any atom is -0.354 e. The topological polar surface area (TPSA) is 101 Å². The van der Waals surface area contributed by atoms with Crippen LogP contribution in [0.1, 0.15) is 33.7 Å². The molecule has 3 rings (SSSR count). The summed E-state index contributed by atoms with van der Waals surface area (Å²) in [7, 11) is 0. The Bertz CT molecular complexity index is 951. The summed E-state index contributed by atoms with van der Waals surface area (Å²) in [5, 5.41) is 9.75. The van der Waals surface area contributed by atoms with Gasteiger partial charge < -0.3 is 10.6 Å². The zero-order chi connectivity index (χ0) is 19.2. The quantitative estimate of drug-likeness (QED) is 0.612. The molecule has 1 aromatic carbocycles. The molecule has 0 saturated heterocycles. The molecule has 0 radical (unpaired) electrons. The van der Waals surface area contributed by atoms with E-state index in [1.54, 1.807) is 16.6 Å². The van der Waals surface area contributed by atoms with Gasteiger partial charge in [0.15, 0.2) is 0 Å². The molecular weight excluding hydrogens is 344 g/mol. The predicted octanol–water partition coefficient (Wildman–Crippen LogP) is 1.22. The van der Waals surface area contributed by atoms with Gasteiger partial charge in [0.2, 0.25) is 5.91 Å². The number of carbonyl (C=O) groups is 2. The Morgan fingerprint density at radius 2 is 1.81 bits per heavy atom. The molecule has 0 atom stereocenters. The van der Waals surface area contributed by atoms with E-state index in [-0.39, 0.29) is 11.8 Å². The van der Waals surface area contributed by atoms with Crippen molar-refractivity contribution in [2.75, 3.05) is 13.1 Å². The molecule has 0 saturated carbocycles. The van der Waals surface area contributed by atoms with Crippen molar-refractivity contribution in [1.82, 2.24) is 30.2 Å². The molecule has 0 bridgehead atoms. The number of fused-ring (bicyclic) bond motifs is 1. The Morgan fingerprint density at radius 1 is 1.07 bits per heavy atom. The second-order valence-electron chi connectivity index (χ2n) is 6.20. The van der Waals surface area contributed by atoms with Crippen LogP contribution in [0.3, 0.4) is 0 Å². The van der Waals surface area contributed by atoms with Crippen molar-refractivity contribution in [2.24, 2.45) is 0 Å². The predicted molar refractivity (Wildman–Crippen MR) is 100 cm³/mol. The summed E-state index contributed by atoms with van der Waals surface area (Å²) in [6.45, 7) is 4.62. The number of rotatable bonds is 7. The van der Waals surface area contributed by atoms with Crippen LogP contribution in [0.5, 0.6) is 0 Å². The van der Waals surface area contributed by atoms with Crippen LogP contribution in [0.25, 0.3) is 5.78 Å². The third-order valence-corrected chi connectivity index (χ3v) is 4.36. The van der Waals surface area contributed by atoms with E-state index in [4.69, 9.17) is 0 Å². The highest BCUT2D eigenvalue weighted by molar-refractivity contribution is 5.94. The van der Waals surface area contributed by atoms with Crippen LogP contribution >= 0.6 is 0 Å². The van der Waals surface area contributed by atoms with E-state index in [2.05, 4.69) is 25.7 Å². The molecule has 2 aromatic heterocycles. The van der Waals surface area contributed by atoms with Crippen LogP contribution in [0.4, 0.5) is 0 Å². The molecule has 0 spiro atoms. The standard InChI is InChI=1S/C19H22N6O2/c1-13-16(14(2)25-19(24-13)22-12-23-25)8-9-17(26)20-10-11-21-18(27)15-6-4-3-5-7-15/h3-7,12H,8-11H2,1-2H3,(H,20,26)(H,21,27). The number of benzene rings is 1. The Labute approximate surface area is 157 Å². The molecule has 140 valence electrons. The lowest BCUT2D eigenvalue weighted by Crippen LogP contribution is -2.34. The minimum atomic E-state index is -0.150. The zero-order valence-electron chi connectivity index (χ0n) is 15.4. The van der Waals surface area contributed by atoms with Crippen LogP contribution in [0.15, 0.2) is 36.7 Å². The van der Waals surface area contributed by atoms with Crippen LogP contribution in [0.2, 0.25) is 0 Å². The molecule has 0 aliphatic rings. The SMILES string of the molecule is Cc1nc2ncnn2c(C)c1CCC(=O)NCCNC(=O)c1ccccc1. The monoisotopic (exact) mass is 366 g/mol. The molecule has 0 unspecified atom stereocenters. The number of nitrogens with zero attached hydrogens (tertiary/aromatic N) is 4. The summed E-state index contributed by atoms with van der Waals surface area (Å²) in [5.74, 6) is 0.345. The third-order valence-electron chi connectivity index (χ3n) is 4.36. The first-order valence-corrected chi connectivity index (χ1v) is 8.82. The van der Waals surface area contributed by atoms with E-state index in [1.807, 2.05) is 32.0 Å². The van der Waals surface area contributed by atoms with Gasteiger partial charge in [-0.05, 0) is 38.0 Å². The molecule has 2 amide bonds. The van der Waals surface area contributed by atoms with Crippen molar-refractivity contribution in [2.45, 2.75) is 26.7 Å². The van der Waals surface area contributed by atoms with Gasteiger partial charge in [-0.25, -0.2) is 9.50 Å². The Hall–Kier alpha value is -3.29. The van der Waals surface area contributed by atoms with E-state index in [1.165, 1.54) is 6.33 Å². The Morgan fingerprint density at radius 3 is 2.59 bits per heavy atom. The van der Waals surface area contributed by atoms with Gasteiger partial charge in [-0.1, -0.05) is 18.2 Å².